The Morgan fingerprint density at radius 1 is 1.19 bits per heavy atom. The van der Waals surface area contributed by atoms with E-state index in [4.69, 9.17) is 0 Å². The summed E-state index contributed by atoms with van der Waals surface area (Å²) < 4.78 is 3.27. The number of rotatable bonds is 5. The van der Waals surface area contributed by atoms with Gasteiger partial charge in [0, 0.05) is 44.3 Å². The number of benzene rings is 1. The quantitative estimate of drug-likeness (QED) is 0.485. The summed E-state index contributed by atoms with van der Waals surface area (Å²) in [6.45, 7) is 6.00. The molecule has 1 aliphatic heterocycles. The number of pyridine rings is 1. The summed E-state index contributed by atoms with van der Waals surface area (Å²) in [5, 5.41) is 8.42. The Morgan fingerprint density at radius 2 is 1.97 bits per heavy atom. The van der Waals surface area contributed by atoms with Gasteiger partial charge in [0.25, 0.3) is 5.91 Å². The third-order valence-corrected chi connectivity index (χ3v) is 6.40. The van der Waals surface area contributed by atoms with Crippen LogP contribution >= 0.6 is 11.3 Å². The molecule has 2 N–H and O–H groups in total. The molecule has 3 aromatic heterocycles. The molecule has 10 heteroatoms. The van der Waals surface area contributed by atoms with Crippen molar-refractivity contribution in [3.05, 3.63) is 64.3 Å². The SMILES string of the molecule is CCn1c(=O)n(-c2nc(C(=O)Nc3cnccc3N3CCNCC3)cs2)c2ccccc21. The van der Waals surface area contributed by atoms with E-state index >= 15 is 0 Å². The molecule has 1 saturated heterocycles. The van der Waals surface area contributed by atoms with Gasteiger partial charge >= 0.3 is 5.69 Å². The number of nitrogens with zero attached hydrogens (tertiary/aromatic N) is 5. The summed E-state index contributed by atoms with van der Waals surface area (Å²) in [7, 11) is 0. The van der Waals surface area contributed by atoms with Gasteiger partial charge in [-0.1, -0.05) is 12.1 Å². The standard InChI is InChI=1S/C22H23N7O2S/c1-2-28-18-5-3-4-6-19(18)29(22(28)31)21-26-16(14-32-21)20(30)25-15-13-24-8-7-17(15)27-11-9-23-10-12-27/h3-8,13-14,23H,2,9-12H2,1H3,(H,25,30). The molecule has 1 fully saturated rings. The Bertz CT molecular complexity index is 1330. The summed E-state index contributed by atoms with van der Waals surface area (Å²) in [4.78, 5) is 36.9. The summed E-state index contributed by atoms with van der Waals surface area (Å²) in [5.41, 5.74) is 3.30. The third kappa shape index (κ3) is 3.57. The number of piperazine rings is 1. The van der Waals surface area contributed by atoms with E-state index < -0.39 is 0 Å². The maximum absolute atomic E-state index is 13.0. The zero-order valence-electron chi connectivity index (χ0n) is 17.6. The molecule has 32 heavy (non-hydrogen) atoms. The van der Waals surface area contributed by atoms with Crippen LogP contribution in [0.2, 0.25) is 0 Å². The number of hydrogen-bond acceptors (Lipinski definition) is 7. The van der Waals surface area contributed by atoms with Gasteiger partial charge in [-0.25, -0.2) is 14.3 Å². The fraction of sp³-hybridized carbons (Fsp3) is 0.273. The Balaban J connectivity index is 1.45. The topological polar surface area (TPSA) is 97.1 Å². The van der Waals surface area contributed by atoms with Gasteiger partial charge in [-0.15, -0.1) is 11.3 Å². The first-order valence-electron chi connectivity index (χ1n) is 10.5. The van der Waals surface area contributed by atoms with E-state index in [1.165, 1.54) is 11.3 Å². The largest absolute Gasteiger partial charge is 0.367 e. The van der Waals surface area contributed by atoms with Crippen LogP contribution in [0.25, 0.3) is 16.2 Å². The number of nitrogens with one attached hydrogen (secondary N) is 2. The number of anilines is 2. The lowest BCUT2D eigenvalue weighted by Crippen LogP contribution is -2.43. The Hall–Kier alpha value is -3.50. The van der Waals surface area contributed by atoms with Gasteiger partial charge in [0.05, 0.1) is 28.6 Å². The van der Waals surface area contributed by atoms with Crippen LogP contribution < -0.4 is 21.2 Å². The number of amides is 1. The monoisotopic (exact) mass is 449 g/mol. The number of carbonyl (C=O) groups is 1. The van der Waals surface area contributed by atoms with E-state index in [1.54, 1.807) is 26.9 Å². The minimum atomic E-state index is -0.329. The van der Waals surface area contributed by atoms with E-state index in [0.29, 0.717) is 17.4 Å². The molecular weight excluding hydrogens is 426 g/mol. The van der Waals surface area contributed by atoms with Gasteiger partial charge in [0.15, 0.2) is 5.13 Å². The highest BCUT2D eigenvalue weighted by Gasteiger charge is 2.20. The van der Waals surface area contributed by atoms with Gasteiger partial charge in [-0.05, 0) is 25.1 Å². The number of aromatic nitrogens is 4. The van der Waals surface area contributed by atoms with Crippen LogP contribution in [0.1, 0.15) is 17.4 Å². The highest BCUT2D eigenvalue weighted by Crippen LogP contribution is 2.26. The Kier molecular flexibility index (Phi) is 5.46. The molecule has 0 bridgehead atoms. The van der Waals surface area contributed by atoms with Crippen LogP contribution in [0.4, 0.5) is 11.4 Å². The van der Waals surface area contributed by atoms with Crippen molar-refractivity contribution >= 4 is 39.7 Å². The first-order chi connectivity index (χ1) is 15.7. The molecule has 0 unspecified atom stereocenters. The molecule has 5 rings (SSSR count). The van der Waals surface area contributed by atoms with Crippen molar-refractivity contribution in [3.63, 3.8) is 0 Å². The smallest absolute Gasteiger partial charge is 0.335 e. The Morgan fingerprint density at radius 3 is 2.75 bits per heavy atom. The van der Waals surface area contributed by atoms with Crippen LogP contribution in [-0.2, 0) is 6.54 Å². The molecule has 4 heterocycles. The minimum absolute atomic E-state index is 0.164. The van der Waals surface area contributed by atoms with Crippen LogP contribution in [-0.4, -0.2) is 51.2 Å². The molecule has 164 valence electrons. The molecular formula is C22H23N7O2S. The highest BCUT2D eigenvalue weighted by atomic mass is 32.1. The molecule has 0 saturated carbocycles. The fourth-order valence-corrected chi connectivity index (χ4v) is 4.83. The van der Waals surface area contributed by atoms with Crippen molar-refractivity contribution < 1.29 is 4.79 Å². The lowest BCUT2D eigenvalue weighted by molar-refractivity contribution is 0.102. The van der Waals surface area contributed by atoms with E-state index in [1.807, 2.05) is 37.3 Å². The predicted octanol–water partition coefficient (Wildman–Crippen LogP) is 2.33. The van der Waals surface area contributed by atoms with Crippen LogP contribution in [0.3, 0.4) is 0 Å². The summed E-state index contributed by atoms with van der Waals surface area (Å²) in [5.74, 6) is -0.329. The van der Waals surface area contributed by atoms with Crippen molar-refractivity contribution in [2.75, 3.05) is 36.4 Å². The van der Waals surface area contributed by atoms with Crippen LogP contribution in [0, 0.1) is 0 Å². The van der Waals surface area contributed by atoms with Crippen molar-refractivity contribution in [2.45, 2.75) is 13.5 Å². The highest BCUT2D eigenvalue weighted by molar-refractivity contribution is 7.12. The second kappa shape index (κ2) is 8.56. The zero-order valence-corrected chi connectivity index (χ0v) is 18.4. The lowest BCUT2D eigenvalue weighted by Gasteiger charge is -2.30. The molecule has 9 nitrogen and oxygen atoms in total. The fourth-order valence-electron chi connectivity index (χ4n) is 4.02. The molecule has 4 aromatic rings. The first-order valence-corrected chi connectivity index (χ1v) is 11.4. The number of imidazole rings is 1. The maximum Gasteiger partial charge on any atom is 0.335 e. The molecule has 1 aliphatic rings. The minimum Gasteiger partial charge on any atom is -0.367 e. The predicted molar refractivity (Wildman–Crippen MR) is 126 cm³/mol. The van der Waals surface area contributed by atoms with E-state index in [9.17, 15) is 9.59 Å². The summed E-state index contributed by atoms with van der Waals surface area (Å²) in [6.07, 6.45) is 3.38. The number of thiazole rings is 1. The van der Waals surface area contributed by atoms with Crippen molar-refractivity contribution in [1.29, 1.82) is 0 Å². The summed E-state index contributed by atoms with van der Waals surface area (Å²) in [6, 6.07) is 9.51. The average molecular weight is 450 g/mol. The molecule has 0 radical (unpaired) electrons. The molecule has 0 spiro atoms. The number of hydrogen-bond donors (Lipinski definition) is 2. The van der Waals surface area contributed by atoms with Gasteiger partial charge in [-0.3, -0.25) is 14.3 Å². The molecule has 0 aliphatic carbocycles. The van der Waals surface area contributed by atoms with Crippen LogP contribution in [0.15, 0.2) is 52.9 Å². The first kappa shape index (κ1) is 20.4. The van der Waals surface area contributed by atoms with Gasteiger partial charge < -0.3 is 15.5 Å². The zero-order chi connectivity index (χ0) is 22.1. The maximum atomic E-state index is 13.0. The second-order valence-electron chi connectivity index (χ2n) is 7.45. The molecule has 1 amide bonds. The number of carbonyl (C=O) groups excluding carboxylic acids is 1. The normalized spacial score (nSPS) is 14.1. The van der Waals surface area contributed by atoms with Crippen molar-refractivity contribution in [2.24, 2.45) is 0 Å². The summed E-state index contributed by atoms with van der Waals surface area (Å²) >= 11 is 1.27. The van der Waals surface area contributed by atoms with Gasteiger partial charge in [-0.2, -0.15) is 0 Å². The van der Waals surface area contributed by atoms with E-state index in [0.717, 1.165) is 42.9 Å². The number of fused-ring (bicyclic) bond motifs is 1. The van der Waals surface area contributed by atoms with E-state index in [2.05, 4.69) is 25.5 Å². The number of para-hydroxylation sites is 2. The molecule has 1 aromatic carbocycles. The van der Waals surface area contributed by atoms with E-state index in [-0.39, 0.29) is 17.3 Å². The molecule has 0 atom stereocenters. The van der Waals surface area contributed by atoms with Crippen LogP contribution in [0.5, 0.6) is 0 Å². The lowest BCUT2D eigenvalue weighted by atomic mass is 10.2. The van der Waals surface area contributed by atoms with Gasteiger partial charge in [0.2, 0.25) is 0 Å². The third-order valence-electron chi connectivity index (χ3n) is 5.57. The van der Waals surface area contributed by atoms with Gasteiger partial charge in [0.1, 0.15) is 5.69 Å². The number of aryl methyl sites for hydroxylation is 1. The Labute approximate surface area is 188 Å². The second-order valence-corrected chi connectivity index (χ2v) is 8.29. The van der Waals surface area contributed by atoms with Crippen molar-refractivity contribution in [1.82, 2.24) is 24.4 Å². The van der Waals surface area contributed by atoms with Crippen molar-refractivity contribution in [3.8, 4) is 5.13 Å². The average Bonchev–Trinajstić information content (AvgIpc) is 3.42.